The lowest BCUT2D eigenvalue weighted by Gasteiger charge is -2.17. The minimum Gasteiger partial charge on any atom is -0.355 e. The van der Waals surface area contributed by atoms with E-state index in [4.69, 9.17) is 11.6 Å². The molecule has 2 atom stereocenters. The highest BCUT2D eigenvalue weighted by Gasteiger charge is 2.34. The number of carbonyl (C=O) groups excluding carboxylic acids is 1. The van der Waals surface area contributed by atoms with Crippen molar-refractivity contribution in [2.24, 2.45) is 13.0 Å². The molecule has 0 spiro atoms. The zero-order valence-corrected chi connectivity index (χ0v) is 16.3. The van der Waals surface area contributed by atoms with E-state index in [2.05, 4.69) is 15.7 Å². The lowest BCUT2D eigenvalue weighted by molar-refractivity contribution is -0.124. The lowest BCUT2D eigenvalue weighted by atomic mass is 9.90. The van der Waals surface area contributed by atoms with Crippen LogP contribution in [-0.4, -0.2) is 41.1 Å². The first kappa shape index (κ1) is 20.1. The second-order valence-electron chi connectivity index (χ2n) is 5.91. The molecule has 1 amide bonds. The van der Waals surface area contributed by atoms with E-state index in [1.807, 2.05) is 43.7 Å². The van der Waals surface area contributed by atoms with Crippen LogP contribution in [0.1, 0.15) is 11.5 Å². The first-order chi connectivity index (χ1) is 11.6. The van der Waals surface area contributed by atoms with Gasteiger partial charge in [-0.15, -0.1) is 24.2 Å². The SMILES string of the molecule is Cl.Cn1cc([C@H]2CNC[C@@H]2C(=O)NCCSc2ccc(Cl)cc2)cn1. The third-order valence-electron chi connectivity index (χ3n) is 4.19. The number of thioether (sulfide) groups is 1. The molecule has 1 saturated heterocycles. The molecule has 136 valence electrons. The number of rotatable bonds is 6. The molecule has 3 rings (SSSR count). The van der Waals surface area contributed by atoms with Crippen LogP contribution in [0.2, 0.25) is 5.02 Å². The summed E-state index contributed by atoms with van der Waals surface area (Å²) in [5.74, 6) is 1.12. The normalized spacial score (nSPS) is 19.4. The molecule has 1 aliphatic rings. The summed E-state index contributed by atoms with van der Waals surface area (Å²) in [4.78, 5) is 13.6. The highest BCUT2D eigenvalue weighted by molar-refractivity contribution is 7.99. The van der Waals surface area contributed by atoms with Gasteiger partial charge in [-0.3, -0.25) is 9.48 Å². The predicted molar refractivity (Wildman–Crippen MR) is 105 cm³/mol. The summed E-state index contributed by atoms with van der Waals surface area (Å²) in [6, 6.07) is 7.75. The highest BCUT2D eigenvalue weighted by atomic mass is 35.5. The quantitative estimate of drug-likeness (QED) is 0.577. The van der Waals surface area contributed by atoms with Gasteiger partial charge in [0.2, 0.25) is 5.91 Å². The van der Waals surface area contributed by atoms with E-state index in [9.17, 15) is 4.79 Å². The van der Waals surface area contributed by atoms with E-state index >= 15 is 0 Å². The zero-order chi connectivity index (χ0) is 16.9. The number of hydrogen-bond donors (Lipinski definition) is 2. The minimum atomic E-state index is -0.0327. The van der Waals surface area contributed by atoms with Crippen molar-refractivity contribution in [2.45, 2.75) is 10.8 Å². The van der Waals surface area contributed by atoms with Crippen molar-refractivity contribution in [1.29, 1.82) is 0 Å². The van der Waals surface area contributed by atoms with Crippen LogP contribution < -0.4 is 10.6 Å². The molecule has 25 heavy (non-hydrogen) atoms. The van der Waals surface area contributed by atoms with E-state index in [0.717, 1.165) is 34.3 Å². The number of carbonyl (C=O) groups is 1. The fourth-order valence-electron chi connectivity index (χ4n) is 2.94. The van der Waals surface area contributed by atoms with E-state index in [1.165, 1.54) is 0 Å². The molecule has 8 heteroatoms. The summed E-state index contributed by atoms with van der Waals surface area (Å²) >= 11 is 7.59. The van der Waals surface area contributed by atoms with Gasteiger partial charge in [0.05, 0.1) is 12.1 Å². The largest absolute Gasteiger partial charge is 0.355 e. The van der Waals surface area contributed by atoms with Gasteiger partial charge in [-0.05, 0) is 29.8 Å². The van der Waals surface area contributed by atoms with Crippen LogP contribution in [0.25, 0.3) is 0 Å². The Morgan fingerprint density at radius 2 is 2.16 bits per heavy atom. The molecule has 0 aliphatic carbocycles. The smallest absolute Gasteiger partial charge is 0.225 e. The van der Waals surface area contributed by atoms with E-state index in [1.54, 1.807) is 16.4 Å². The Labute approximate surface area is 163 Å². The van der Waals surface area contributed by atoms with Crippen molar-refractivity contribution < 1.29 is 4.79 Å². The third kappa shape index (κ3) is 5.38. The summed E-state index contributed by atoms with van der Waals surface area (Å²) in [5, 5.41) is 11.3. The Morgan fingerprint density at radius 3 is 2.84 bits per heavy atom. The van der Waals surface area contributed by atoms with Crippen molar-refractivity contribution in [3.63, 3.8) is 0 Å². The Kier molecular flexibility index (Phi) is 7.62. The van der Waals surface area contributed by atoms with Crippen molar-refractivity contribution in [1.82, 2.24) is 20.4 Å². The van der Waals surface area contributed by atoms with Gasteiger partial charge in [0.15, 0.2) is 0 Å². The van der Waals surface area contributed by atoms with Gasteiger partial charge < -0.3 is 10.6 Å². The fraction of sp³-hybridized carbons (Fsp3) is 0.412. The van der Waals surface area contributed by atoms with Gasteiger partial charge in [-0.2, -0.15) is 5.10 Å². The number of hydrogen-bond acceptors (Lipinski definition) is 4. The number of halogens is 2. The summed E-state index contributed by atoms with van der Waals surface area (Å²) in [5.41, 5.74) is 1.12. The number of nitrogens with one attached hydrogen (secondary N) is 2. The Hall–Kier alpha value is -1.21. The molecule has 0 bridgehead atoms. The molecule has 1 aromatic carbocycles. The van der Waals surface area contributed by atoms with E-state index in [-0.39, 0.29) is 30.2 Å². The topological polar surface area (TPSA) is 59.0 Å². The molecule has 2 heterocycles. The van der Waals surface area contributed by atoms with Gasteiger partial charge in [0.25, 0.3) is 0 Å². The average molecular weight is 401 g/mol. The van der Waals surface area contributed by atoms with Crippen molar-refractivity contribution in [2.75, 3.05) is 25.4 Å². The highest BCUT2D eigenvalue weighted by Crippen LogP contribution is 2.28. The summed E-state index contributed by atoms with van der Waals surface area (Å²) in [7, 11) is 1.90. The zero-order valence-electron chi connectivity index (χ0n) is 13.9. The molecule has 1 aliphatic heterocycles. The maximum atomic E-state index is 12.5. The van der Waals surface area contributed by atoms with Gasteiger partial charge in [-0.1, -0.05) is 11.6 Å². The maximum Gasteiger partial charge on any atom is 0.225 e. The Bertz CT molecular complexity index is 692. The Morgan fingerprint density at radius 1 is 1.40 bits per heavy atom. The van der Waals surface area contributed by atoms with Crippen LogP contribution in [-0.2, 0) is 11.8 Å². The molecule has 1 fully saturated rings. The number of amides is 1. The molecule has 0 radical (unpaired) electrons. The van der Waals surface area contributed by atoms with E-state index < -0.39 is 0 Å². The standard InChI is InChI=1S/C17H21ClN4OS.ClH/c1-22-11-12(8-21-22)15-9-19-10-16(15)17(23)20-6-7-24-14-4-2-13(18)3-5-14;/h2-5,8,11,15-16,19H,6-7,9-10H2,1H3,(H,20,23);1H/t15-,16+;/m1./s1. The lowest BCUT2D eigenvalue weighted by Crippen LogP contribution is -2.35. The summed E-state index contributed by atoms with van der Waals surface area (Å²) in [6.45, 7) is 2.20. The second-order valence-corrected chi connectivity index (χ2v) is 7.52. The van der Waals surface area contributed by atoms with Crippen LogP contribution >= 0.6 is 35.8 Å². The molecule has 2 aromatic rings. The maximum absolute atomic E-state index is 12.5. The number of benzene rings is 1. The van der Waals surface area contributed by atoms with Gasteiger partial charge in [0.1, 0.15) is 0 Å². The summed E-state index contributed by atoms with van der Waals surface area (Å²) < 4.78 is 1.78. The molecule has 2 N–H and O–H groups in total. The summed E-state index contributed by atoms with van der Waals surface area (Å²) in [6.07, 6.45) is 3.85. The number of aryl methyl sites for hydroxylation is 1. The van der Waals surface area contributed by atoms with Crippen molar-refractivity contribution >= 4 is 41.7 Å². The molecule has 0 saturated carbocycles. The molecular weight excluding hydrogens is 379 g/mol. The van der Waals surface area contributed by atoms with E-state index in [0.29, 0.717) is 6.54 Å². The third-order valence-corrected chi connectivity index (χ3v) is 5.45. The van der Waals surface area contributed by atoms with Crippen LogP contribution in [0.3, 0.4) is 0 Å². The second kappa shape index (κ2) is 9.48. The first-order valence-corrected chi connectivity index (χ1v) is 9.35. The molecule has 0 unspecified atom stereocenters. The molecule has 1 aromatic heterocycles. The monoisotopic (exact) mass is 400 g/mol. The predicted octanol–water partition coefficient (Wildman–Crippen LogP) is 2.71. The van der Waals surface area contributed by atoms with Gasteiger partial charge in [-0.25, -0.2) is 0 Å². The Balaban J connectivity index is 0.00000225. The van der Waals surface area contributed by atoms with Crippen LogP contribution in [0.15, 0.2) is 41.6 Å². The van der Waals surface area contributed by atoms with Crippen LogP contribution in [0, 0.1) is 5.92 Å². The van der Waals surface area contributed by atoms with Gasteiger partial charge >= 0.3 is 0 Å². The first-order valence-electron chi connectivity index (χ1n) is 7.99. The number of nitrogens with zero attached hydrogens (tertiary/aromatic N) is 2. The van der Waals surface area contributed by atoms with Crippen molar-refractivity contribution in [3.05, 3.63) is 47.2 Å². The average Bonchev–Trinajstić information content (AvgIpc) is 3.21. The fourth-order valence-corrected chi connectivity index (χ4v) is 3.84. The van der Waals surface area contributed by atoms with Crippen molar-refractivity contribution in [3.8, 4) is 0 Å². The minimum absolute atomic E-state index is 0. The molecule has 5 nitrogen and oxygen atoms in total. The van der Waals surface area contributed by atoms with Crippen LogP contribution in [0.5, 0.6) is 0 Å². The van der Waals surface area contributed by atoms with Gasteiger partial charge in [0, 0.05) is 54.5 Å². The molecular formula is C17H22Cl2N4OS. The van der Waals surface area contributed by atoms with Crippen LogP contribution in [0.4, 0.5) is 0 Å². The number of aromatic nitrogens is 2.